The predicted molar refractivity (Wildman–Crippen MR) is 96.5 cm³/mol. The minimum Gasteiger partial charge on any atom is -0.497 e. The third-order valence-electron chi connectivity index (χ3n) is 4.91. The number of methoxy groups -OCH3 is 1. The lowest BCUT2D eigenvalue weighted by Crippen LogP contribution is -2.20. The lowest BCUT2D eigenvalue weighted by Gasteiger charge is -2.08. The first-order valence-corrected chi connectivity index (χ1v) is 8.47. The van der Waals surface area contributed by atoms with Crippen molar-refractivity contribution in [2.75, 3.05) is 7.11 Å². The zero-order valence-electron chi connectivity index (χ0n) is 13.9. The fourth-order valence-corrected chi connectivity index (χ4v) is 3.96. The molecule has 1 aliphatic rings. The number of aromatic nitrogens is 2. The van der Waals surface area contributed by atoms with E-state index in [-0.39, 0.29) is 5.56 Å². The van der Waals surface area contributed by atoms with Gasteiger partial charge < -0.3 is 9.72 Å². The first-order chi connectivity index (χ1) is 12.1. The Kier molecular flexibility index (Phi) is 3.59. The Morgan fingerprint density at radius 2 is 2.16 bits per heavy atom. The van der Waals surface area contributed by atoms with E-state index >= 15 is 0 Å². The predicted octanol–water partition coefficient (Wildman–Crippen LogP) is 3.63. The van der Waals surface area contributed by atoms with Crippen LogP contribution in [0.3, 0.4) is 0 Å². The Morgan fingerprint density at radius 1 is 1.36 bits per heavy atom. The van der Waals surface area contributed by atoms with Gasteiger partial charge in [0.25, 0.3) is 5.56 Å². The third kappa shape index (κ3) is 2.18. The maximum atomic E-state index is 12.9. The van der Waals surface area contributed by atoms with Gasteiger partial charge in [-0.15, -0.1) is 0 Å². The number of nitrogens with one attached hydrogen (secondary N) is 1. The first kappa shape index (κ1) is 15.8. The third-order valence-corrected chi connectivity index (χ3v) is 5.23. The zero-order valence-corrected chi connectivity index (χ0v) is 14.7. The molecule has 4 rings (SSSR count). The average Bonchev–Trinajstić information content (AvgIpc) is 3.18. The molecule has 0 amide bonds. The second-order valence-electron chi connectivity index (χ2n) is 6.23. The number of aryl methyl sites for hydroxylation is 1. The van der Waals surface area contributed by atoms with Gasteiger partial charge in [-0.05, 0) is 49.9 Å². The number of ether oxygens (including phenoxy) is 1. The molecule has 1 aromatic carbocycles. The van der Waals surface area contributed by atoms with Crippen molar-refractivity contribution in [1.29, 1.82) is 5.26 Å². The van der Waals surface area contributed by atoms with Crippen molar-refractivity contribution in [2.45, 2.75) is 26.2 Å². The maximum absolute atomic E-state index is 12.9. The van der Waals surface area contributed by atoms with E-state index in [9.17, 15) is 10.1 Å². The van der Waals surface area contributed by atoms with Gasteiger partial charge in [-0.1, -0.05) is 11.6 Å². The second kappa shape index (κ2) is 5.68. The fraction of sp³-hybridized carbons (Fsp3) is 0.263. The molecule has 0 atom stereocenters. The summed E-state index contributed by atoms with van der Waals surface area (Å²) in [5, 5.41) is 10.1. The molecule has 3 aromatic rings. The van der Waals surface area contributed by atoms with Gasteiger partial charge in [-0.3, -0.25) is 9.20 Å². The number of nitriles is 1. The van der Waals surface area contributed by atoms with E-state index in [1.807, 2.05) is 19.1 Å². The van der Waals surface area contributed by atoms with Crippen LogP contribution in [0.2, 0.25) is 5.02 Å². The Labute approximate surface area is 149 Å². The van der Waals surface area contributed by atoms with Crippen LogP contribution in [-0.4, -0.2) is 16.5 Å². The van der Waals surface area contributed by atoms with Crippen LogP contribution in [0, 0.1) is 18.3 Å². The molecule has 126 valence electrons. The van der Waals surface area contributed by atoms with E-state index < -0.39 is 0 Å². The number of rotatable bonds is 2. The van der Waals surface area contributed by atoms with Crippen LogP contribution < -0.4 is 10.3 Å². The van der Waals surface area contributed by atoms with Crippen molar-refractivity contribution in [2.24, 2.45) is 0 Å². The van der Waals surface area contributed by atoms with Crippen LogP contribution in [0.1, 0.15) is 28.9 Å². The maximum Gasteiger partial charge on any atom is 0.262 e. The minimum absolute atomic E-state index is 0.100. The van der Waals surface area contributed by atoms with Gasteiger partial charge in [0.15, 0.2) is 0 Å². The van der Waals surface area contributed by atoms with E-state index in [0.717, 1.165) is 47.2 Å². The zero-order chi connectivity index (χ0) is 17.7. The van der Waals surface area contributed by atoms with Gasteiger partial charge in [0, 0.05) is 22.4 Å². The van der Waals surface area contributed by atoms with Gasteiger partial charge in [0.2, 0.25) is 0 Å². The van der Waals surface area contributed by atoms with E-state index in [2.05, 4.69) is 11.1 Å². The molecule has 0 saturated heterocycles. The number of nitrogens with zero attached hydrogens (tertiary/aromatic N) is 2. The molecular weight excluding hydrogens is 338 g/mol. The molecule has 1 aliphatic carbocycles. The van der Waals surface area contributed by atoms with Gasteiger partial charge in [0.05, 0.1) is 12.1 Å². The highest BCUT2D eigenvalue weighted by atomic mass is 35.5. The highest BCUT2D eigenvalue weighted by molar-refractivity contribution is 6.33. The Balaban J connectivity index is 2.12. The van der Waals surface area contributed by atoms with Crippen LogP contribution in [0.4, 0.5) is 0 Å². The molecule has 25 heavy (non-hydrogen) atoms. The van der Waals surface area contributed by atoms with Crippen molar-refractivity contribution >= 4 is 17.2 Å². The summed E-state index contributed by atoms with van der Waals surface area (Å²) in [6.45, 7) is 1.85. The topological polar surface area (TPSA) is 70.3 Å². The smallest absolute Gasteiger partial charge is 0.262 e. The first-order valence-electron chi connectivity index (χ1n) is 8.10. The minimum atomic E-state index is -0.100. The molecular formula is C19H16ClN3O2. The standard InChI is InChI=1S/C19H16ClN3O2/c1-10-16(9-21)23-18(22-15-5-3-4-13(15)19(23)24)17(10)12-7-6-11(25-2)8-14(12)20/h6-8,22H,3-5H2,1-2H3. The van der Waals surface area contributed by atoms with E-state index in [1.54, 1.807) is 13.2 Å². The van der Waals surface area contributed by atoms with Crippen LogP contribution in [0.25, 0.3) is 16.8 Å². The number of benzene rings is 1. The van der Waals surface area contributed by atoms with Crippen LogP contribution in [0.5, 0.6) is 5.75 Å². The van der Waals surface area contributed by atoms with Crippen molar-refractivity contribution < 1.29 is 4.74 Å². The van der Waals surface area contributed by atoms with E-state index in [4.69, 9.17) is 16.3 Å². The summed E-state index contributed by atoms with van der Waals surface area (Å²) in [6.07, 6.45) is 2.55. The number of aromatic amines is 1. The van der Waals surface area contributed by atoms with Gasteiger partial charge >= 0.3 is 0 Å². The van der Waals surface area contributed by atoms with E-state index in [1.165, 1.54) is 4.40 Å². The summed E-state index contributed by atoms with van der Waals surface area (Å²) >= 11 is 6.46. The van der Waals surface area contributed by atoms with Crippen LogP contribution in [0.15, 0.2) is 23.0 Å². The summed E-state index contributed by atoms with van der Waals surface area (Å²) in [6, 6.07) is 7.59. The van der Waals surface area contributed by atoms with Crippen molar-refractivity contribution in [3.8, 4) is 22.9 Å². The highest BCUT2D eigenvalue weighted by Crippen LogP contribution is 2.37. The monoisotopic (exact) mass is 353 g/mol. The Hall–Kier alpha value is -2.71. The Bertz CT molecular complexity index is 1120. The quantitative estimate of drug-likeness (QED) is 0.764. The van der Waals surface area contributed by atoms with E-state index in [0.29, 0.717) is 22.1 Å². The molecule has 0 fully saturated rings. The molecule has 2 heterocycles. The normalized spacial score (nSPS) is 13.0. The van der Waals surface area contributed by atoms with Crippen LogP contribution in [-0.2, 0) is 12.8 Å². The molecule has 0 radical (unpaired) electrons. The van der Waals surface area contributed by atoms with Gasteiger partial charge in [-0.2, -0.15) is 5.26 Å². The largest absolute Gasteiger partial charge is 0.497 e. The van der Waals surface area contributed by atoms with Crippen molar-refractivity contribution in [1.82, 2.24) is 9.38 Å². The number of fused-ring (bicyclic) bond motifs is 2. The lowest BCUT2D eigenvalue weighted by atomic mass is 10.0. The summed E-state index contributed by atoms with van der Waals surface area (Å²) in [7, 11) is 1.58. The summed E-state index contributed by atoms with van der Waals surface area (Å²) in [4.78, 5) is 16.3. The molecule has 0 saturated carbocycles. The number of H-pyrrole nitrogens is 1. The second-order valence-corrected chi connectivity index (χ2v) is 6.64. The lowest BCUT2D eigenvalue weighted by molar-refractivity contribution is 0.415. The number of hydrogen-bond donors (Lipinski definition) is 1. The van der Waals surface area contributed by atoms with Crippen molar-refractivity contribution in [3.63, 3.8) is 0 Å². The number of hydrogen-bond acceptors (Lipinski definition) is 3. The number of halogens is 1. The molecule has 0 spiro atoms. The SMILES string of the molecule is COc1ccc(-c2c(C)c(C#N)n3c(=O)c4c([nH]c23)CCC4)c(Cl)c1. The molecule has 6 heteroatoms. The Morgan fingerprint density at radius 3 is 2.84 bits per heavy atom. The molecule has 5 nitrogen and oxygen atoms in total. The fourth-order valence-electron chi connectivity index (χ4n) is 3.69. The van der Waals surface area contributed by atoms with Gasteiger partial charge in [0.1, 0.15) is 23.2 Å². The summed E-state index contributed by atoms with van der Waals surface area (Å²) in [5.74, 6) is 0.657. The molecule has 0 unspecified atom stereocenters. The summed E-state index contributed by atoms with van der Waals surface area (Å²) in [5.41, 5.74) is 4.93. The van der Waals surface area contributed by atoms with Gasteiger partial charge in [-0.25, -0.2) is 0 Å². The molecule has 1 N–H and O–H groups in total. The van der Waals surface area contributed by atoms with Crippen molar-refractivity contribution in [3.05, 3.63) is 56.1 Å². The highest BCUT2D eigenvalue weighted by Gasteiger charge is 2.25. The summed E-state index contributed by atoms with van der Waals surface area (Å²) < 4.78 is 6.71. The molecule has 0 bridgehead atoms. The molecule has 2 aromatic heterocycles. The molecule has 0 aliphatic heterocycles. The van der Waals surface area contributed by atoms with Crippen LogP contribution >= 0.6 is 11.6 Å². The average molecular weight is 354 g/mol.